The first kappa shape index (κ1) is 15.4. The van der Waals surface area contributed by atoms with Gasteiger partial charge in [-0.15, -0.1) is 0 Å². The number of aromatic nitrogens is 1. The normalized spacial score (nSPS) is 13.4. The lowest BCUT2D eigenvalue weighted by molar-refractivity contribution is -0.139. The van der Waals surface area contributed by atoms with Gasteiger partial charge in [-0.1, -0.05) is 6.07 Å². The summed E-state index contributed by atoms with van der Waals surface area (Å²) in [6.45, 7) is 0.446. The van der Waals surface area contributed by atoms with E-state index in [-0.39, 0.29) is 12.6 Å². The molecular formula is C12H16F3N3O. The van der Waals surface area contributed by atoms with Crippen LogP contribution in [0.3, 0.4) is 0 Å². The van der Waals surface area contributed by atoms with Gasteiger partial charge in [0.1, 0.15) is 6.54 Å². The molecule has 1 aromatic heterocycles. The molecule has 7 heteroatoms. The fourth-order valence-corrected chi connectivity index (χ4v) is 1.50. The van der Waals surface area contributed by atoms with Crippen molar-refractivity contribution in [2.24, 2.45) is 0 Å². The highest BCUT2D eigenvalue weighted by atomic mass is 19.4. The number of carbonyl (C=O) groups is 1. The molecular weight excluding hydrogens is 259 g/mol. The standard InChI is InChI=1S/C12H16F3N3O/c1-9(10-4-3-5-16-6-10)18(2)7-11(19)17-8-12(13,14)15/h3-6,9H,7-8H2,1-2H3,(H,17,19)/t9-/m0/s1. The first-order chi connectivity index (χ1) is 8.79. The van der Waals surface area contributed by atoms with Gasteiger partial charge in [-0.05, 0) is 25.6 Å². The zero-order valence-electron chi connectivity index (χ0n) is 10.7. The van der Waals surface area contributed by atoms with Crippen molar-refractivity contribution in [1.82, 2.24) is 15.2 Å². The predicted octanol–water partition coefficient (Wildman–Crippen LogP) is 1.75. The monoisotopic (exact) mass is 275 g/mol. The number of amides is 1. The van der Waals surface area contributed by atoms with Crippen LogP contribution in [-0.2, 0) is 4.79 Å². The molecule has 0 radical (unpaired) electrons. The van der Waals surface area contributed by atoms with Gasteiger partial charge in [0.2, 0.25) is 5.91 Å². The zero-order chi connectivity index (χ0) is 14.5. The van der Waals surface area contributed by atoms with Gasteiger partial charge < -0.3 is 5.32 Å². The minimum atomic E-state index is -4.39. The molecule has 1 atom stereocenters. The first-order valence-corrected chi connectivity index (χ1v) is 5.73. The summed E-state index contributed by atoms with van der Waals surface area (Å²) in [6.07, 6.45) is -1.09. The van der Waals surface area contributed by atoms with E-state index in [2.05, 4.69) is 4.98 Å². The molecule has 1 heterocycles. The van der Waals surface area contributed by atoms with Crippen LogP contribution < -0.4 is 5.32 Å². The van der Waals surface area contributed by atoms with E-state index >= 15 is 0 Å². The summed E-state index contributed by atoms with van der Waals surface area (Å²) in [7, 11) is 1.67. The third-order valence-corrected chi connectivity index (χ3v) is 2.71. The number of carbonyl (C=O) groups excluding carboxylic acids is 1. The van der Waals surface area contributed by atoms with E-state index in [1.54, 1.807) is 30.4 Å². The Morgan fingerprint density at radius 3 is 2.74 bits per heavy atom. The minimum Gasteiger partial charge on any atom is -0.346 e. The molecule has 106 valence electrons. The van der Waals surface area contributed by atoms with Gasteiger partial charge in [0.15, 0.2) is 0 Å². The van der Waals surface area contributed by atoms with Crippen LogP contribution in [0.25, 0.3) is 0 Å². The smallest absolute Gasteiger partial charge is 0.346 e. The van der Waals surface area contributed by atoms with Gasteiger partial charge in [0, 0.05) is 18.4 Å². The molecule has 0 aliphatic heterocycles. The van der Waals surface area contributed by atoms with Crippen LogP contribution in [0.5, 0.6) is 0 Å². The maximum Gasteiger partial charge on any atom is 0.405 e. The van der Waals surface area contributed by atoms with E-state index in [0.29, 0.717) is 0 Å². The van der Waals surface area contributed by atoms with Gasteiger partial charge in [-0.3, -0.25) is 14.7 Å². The second-order valence-electron chi connectivity index (χ2n) is 4.27. The fourth-order valence-electron chi connectivity index (χ4n) is 1.50. The maximum absolute atomic E-state index is 11.9. The highest BCUT2D eigenvalue weighted by molar-refractivity contribution is 5.78. The van der Waals surface area contributed by atoms with E-state index in [1.807, 2.05) is 18.3 Å². The predicted molar refractivity (Wildman–Crippen MR) is 64.3 cm³/mol. The summed E-state index contributed by atoms with van der Waals surface area (Å²) in [6, 6.07) is 3.51. The zero-order valence-corrected chi connectivity index (χ0v) is 10.7. The Hall–Kier alpha value is -1.63. The van der Waals surface area contributed by atoms with Crippen molar-refractivity contribution in [2.75, 3.05) is 20.1 Å². The van der Waals surface area contributed by atoms with E-state index < -0.39 is 18.6 Å². The van der Waals surface area contributed by atoms with Gasteiger partial charge in [0.05, 0.1) is 6.54 Å². The number of alkyl halides is 3. The molecule has 0 aliphatic carbocycles. The molecule has 1 rings (SSSR count). The Bertz CT molecular complexity index is 408. The summed E-state index contributed by atoms with van der Waals surface area (Å²) in [5.74, 6) is -0.657. The highest BCUT2D eigenvalue weighted by Crippen LogP contribution is 2.17. The van der Waals surface area contributed by atoms with Crippen LogP contribution in [0.15, 0.2) is 24.5 Å². The molecule has 1 aromatic rings. The topological polar surface area (TPSA) is 45.2 Å². The van der Waals surface area contributed by atoms with E-state index in [1.165, 1.54) is 0 Å². The first-order valence-electron chi connectivity index (χ1n) is 5.73. The number of pyridine rings is 1. The van der Waals surface area contributed by atoms with Crippen molar-refractivity contribution in [3.63, 3.8) is 0 Å². The summed E-state index contributed by atoms with van der Waals surface area (Å²) in [4.78, 5) is 17.0. The van der Waals surface area contributed by atoms with Crippen LogP contribution in [0.1, 0.15) is 18.5 Å². The largest absolute Gasteiger partial charge is 0.405 e. The van der Waals surface area contributed by atoms with Crippen molar-refractivity contribution in [2.45, 2.75) is 19.1 Å². The van der Waals surface area contributed by atoms with Crippen LogP contribution in [-0.4, -0.2) is 42.1 Å². The van der Waals surface area contributed by atoms with Crippen LogP contribution >= 0.6 is 0 Å². The molecule has 1 N–H and O–H groups in total. The average molecular weight is 275 g/mol. The number of hydrogen-bond acceptors (Lipinski definition) is 3. The van der Waals surface area contributed by atoms with Gasteiger partial charge in [0.25, 0.3) is 0 Å². The molecule has 1 amide bonds. The second kappa shape index (κ2) is 6.51. The average Bonchev–Trinajstić information content (AvgIpc) is 2.35. The SMILES string of the molecule is C[C@@H](c1cccnc1)N(C)CC(=O)NCC(F)(F)F. The molecule has 0 unspecified atom stereocenters. The third-order valence-electron chi connectivity index (χ3n) is 2.71. The molecule has 0 fully saturated rings. The molecule has 0 aromatic carbocycles. The van der Waals surface area contributed by atoms with Crippen LogP contribution in [0.4, 0.5) is 13.2 Å². The van der Waals surface area contributed by atoms with E-state index in [9.17, 15) is 18.0 Å². The van der Waals surface area contributed by atoms with E-state index in [4.69, 9.17) is 0 Å². The summed E-state index contributed by atoms with van der Waals surface area (Å²) in [5, 5.41) is 1.84. The van der Waals surface area contributed by atoms with Crippen molar-refractivity contribution in [3.8, 4) is 0 Å². The van der Waals surface area contributed by atoms with Crippen molar-refractivity contribution in [3.05, 3.63) is 30.1 Å². The van der Waals surface area contributed by atoms with E-state index in [0.717, 1.165) is 5.56 Å². The number of rotatable bonds is 5. The summed E-state index contributed by atoms with van der Waals surface area (Å²) in [5.41, 5.74) is 0.897. The van der Waals surface area contributed by atoms with Crippen LogP contribution in [0, 0.1) is 0 Å². The van der Waals surface area contributed by atoms with Crippen LogP contribution in [0.2, 0.25) is 0 Å². The number of nitrogens with one attached hydrogen (secondary N) is 1. The molecule has 0 aliphatic rings. The Morgan fingerprint density at radius 1 is 1.53 bits per heavy atom. The van der Waals surface area contributed by atoms with Crippen molar-refractivity contribution in [1.29, 1.82) is 0 Å². The summed E-state index contributed by atoms with van der Waals surface area (Å²) >= 11 is 0. The number of likely N-dealkylation sites (N-methyl/N-ethyl adjacent to an activating group) is 1. The maximum atomic E-state index is 11.9. The molecule has 4 nitrogen and oxygen atoms in total. The Balaban J connectivity index is 2.46. The Labute approximate surface area is 109 Å². The van der Waals surface area contributed by atoms with Crippen molar-refractivity contribution < 1.29 is 18.0 Å². The number of nitrogens with zero attached hydrogens (tertiary/aromatic N) is 2. The Morgan fingerprint density at radius 2 is 2.21 bits per heavy atom. The molecule has 0 saturated heterocycles. The highest BCUT2D eigenvalue weighted by Gasteiger charge is 2.28. The fraction of sp³-hybridized carbons (Fsp3) is 0.500. The lowest BCUT2D eigenvalue weighted by atomic mass is 10.1. The molecule has 0 bridgehead atoms. The third kappa shape index (κ3) is 5.69. The quantitative estimate of drug-likeness (QED) is 0.890. The lowest BCUT2D eigenvalue weighted by Gasteiger charge is -2.24. The number of halogens is 3. The van der Waals surface area contributed by atoms with Gasteiger partial charge in [-0.2, -0.15) is 13.2 Å². The molecule has 19 heavy (non-hydrogen) atoms. The molecule has 0 spiro atoms. The van der Waals surface area contributed by atoms with Gasteiger partial charge in [-0.25, -0.2) is 0 Å². The lowest BCUT2D eigenvalue weighted by Crippen LogP contribution is -2.40. The van der Waals surface area contributed by atoms with Gasteiger partial charge >= 0.3 is 6.18 Å². The second-order valence-corrected chi connectivity index (χ2v) is 4.27. The van der Waals surface area contributed by atoms with Crippen molar-refractivity contribution >= 4 is 5.91 Å². The number of hydrogen-bond donors (Lipinski definition) is 1. The minimum absolute atomic E-state index is 0.105. The summed E-state index contributed by atoms with van der Waals surface area (Å²) < 4.78 is 35.8. The molecule has 0 saturated carbocycles. The Kier molecular flexibility index (Phi) is 5.29.